The summed E-state index contributed by atoms with van der Waals surface area (Å²) in [6.45, 7) is 0. The van der Waals surface area contributed by atoms with E-state index < -0.39 is 5.60 Å². The van der Waals surface area contributed by atoms with Crippen molar-refractivity contribution in [2.75, 3.05) is 6.26 Å². The molecule has 0 aromatic heterocycles. The molecule has 1 nitrogen and oxygen atoms in total. The molecule has 1 aromatic carbocycles. The Morgan fingerprint density at radius 3 is 2.60 bits per heavy atom. The highest BCUT2D eigenvalue weighted by atomic mass is 35.5. The van der Waals surface area contributed by atoms with E-state index in [-0.39, 0.29) is 0 Å². The molecular formula is C12H15ClOS. The lowest BCUT2D eigenvalue weighted by atomic mass is 9.92. The number of rotatable bonds is 2. The summed E-state index contributed by atoms with van der Waals surface area (Å²) < 4.78 is 0. The second kappa shape index (κ2) is 4.36. The van der Waals surface area contributed by atoms with E-state index in [9.17, 15) is 5.11 Å². The van der Waals surface area contributed by atoms with E-state index in [1.807, 2.05) is 24.5 Å². The third kappa shape index (κ3) is 2.17. The maximum Gasteiger partial charge on any atom is 0.0907 e. The number of thioether (sulfide) groups is 1. The Labute approximate surface area is 99.8 Å². The molecule has 82 valence electrons. The number of halogens is 1. The molecule has 0 radical (unpaired) electrons. The Morgan fingerprint density at radius 2 is 2.00 bits per heavy atom. The molecule has 0 aliphatic heterocycles. The van der Waals surface area contributed by atoms with Gasteiger partial charge in [-0.05, 0) is 42.9 Å². The van der Waals surface area contributed by atoms with Gasteiger partial charge < -0.3 is 5.11 Å². The monoisotopic (exact) mass is 242 g/mol. The van der Waals surface area contributed by atoms with Gasteiger partial charge in [0.15, 0.2) is 0 Å². The van der Waals surface area contributed by atoms with Crippen molar-refractivity contribution in [2.24, 2.45) is 0 Å². The molecule has 0 amide bonds. The molecule has 0 saturated heterocycles. The molecule has 0 bridgehead atoms. The minimum absolute atomic E-state index is 0.636. The van der Waals surface area contributed by atoms with Crippen LogP contribution in [0.4, 0.5) is 0 Å². The minimum atomic E-state index is -0.636. The highest BCUT2D eigenvalue weighted by Gasteiger charge is 2.34. The number of aliphatic hydroxyl groups is 1. The van der Waals surface area contributed by atoms with Gasteiger partial charge in [0, 0.05) is 9.92 Å². The van der Waals surface area contributed by atoms with E-state index >= 15 is 0 Å². The van der Waals surface area contributed by atoms with Gasteiger partial charge in [0.25, 0.3) is 0 Å². The molecule has 1 aliphatic carbocycles. The Bertz CT molecular complexity index is 359. The van der Waals surface area contributed by atoms with Crippen LogP contribution in [-0.4, -0.2) is 11.4 Å². The Morgan fingerprint density at radius 1 is 1.33 bits per heavy atom. The van der Waals surface area contributed by atoms with E-state index in [1.54, 1.807) is 11.8 Å². The van der Waals surface area contributed by atoms with Gasteiger partial charge in [0.05, 0.1) is 5.60 Å². The Hall–Kier alpha value is -0.180. The van der Waals surface area contributed by atoms with Crippen LogP contribution in [0.25, 0.3) is 0 Å². The van der Waals surface area contributed by atoms with Gasteiger partial charge in [0.1, 0.15) is 0 Å². The zero-order valence-electron chi connectivity index (χ0n) is 8.79. The fourth-order valence-corrected chi connectivity index (χ4v) is 3.12. The summed E-state index contributed by atoms with van der Waals surface area (Å²) in [7, 11) is 0. The summed E-state index contributed by atoms with van der Waals surface area (Å²) >= 11 is 7.66. The topological polar surface area (TPSA) is 20.2 Å². The third-order valence-corrected chi connectivity index (χ3v) is 4.12. The zero-order chi connectivity index (χ0) is 10.9. The summed E-state index contributed by atoms with van der Waals surface area (Å²) in [5.74, 6) is 0. The Balaban J connectivity index is 2.44. The highest BCUT2D eigenvalue weighted by molar-refractivity contribution is 7.98. The molecule has 1 aromatic rings. The van der Waals surface area contributed by atoms with Gasteiger partial charge in [0.2, 0.25) is 0 Å². The summed E-state index contributed by atoms with van der Waals surface area (Å²) in [6.07, 6.45) is 5.97. The molecule has 0 unspecified atom stereocenters. The summed E-state index contributed by atoms with van der Waals surface area (Å²) in [5.41, 5.74) is 0.378. The van der Waals surface area contributed by atoms with Crippen molar-refractivity contribution in [3.63, 3.8) is 0 Å². The molecule has 2 rings (SSSR count). The highest BCUT2D eigenvalue weighted by Crippen LogP contribution is 2.42. The summed E-state index contributed by atoms with van der Waals surface area (Å²) in [5, 5.41) is 11.2. The fourth-order valence-electron chi connectivity index (χ4n) is 2.27. The molecule has 0 heterocycles. The molecule has 1 fully saturated rings. The molecule has 3 heteroatoms. The van der Waals surface area contributed by atoms with Crippen molar-refractivity contribution in [3.05, 3.63) is 28.8 Å². The predicted octanol–water partition coefficient (Wildman–Crippen LogP) is 3.82. The van der Waals surface area contributed by atoms with Gasteiger partial charge in [-0.2, -0.15) is 0 Å². The van der Waals surface area contributed by atoms with E-state index in [1.165, 1.54) is 0 Å². The van der Waals surface area contributed by atoms with Crippen LogP contribution < -0.4 is 0 Å². The number of benzene rings is 1. The maximum atomic E-state index is 10.5. The van der Waals surface area contributed by atoms with Crippen molar-refractivity contribution >= 4 is 23.4 Å². The summed E-state index contributed by atoms with van der Waals surface area (Å²) in [6, 6.07) is 5.80. The first-order valence-corrected chi connectivity index (χ1v) is 6.82. The zero-order valence-corrected chi connectivity index (χ0v) is 10.4. The van der Waals surface area contributed by atoms with Gasteiger partial charge >= 0.3 is 0 Å². The van der Waals surface area contributed by atoms with E-state index in [0.717, 1.165) is 36.1 Å². The molecule has 1 aliphatic rings. The van der Waals surface area contributed by atoms with Crippen LogP contribution in [-0.2, 0) is 5.60 Å². The Kier molecular flexibility index (Phi) is 3.29. The van der Waals surface area contributed by atoms with Crippen LogP contribution in [0, 0.1) is 0 Å². The van der Waals surface area contributed by atoms with Crippen LogP contribution in [0.2, 0.25) is 5.02 Å². The van der Waals surface area contributed by atoms with Crippen molar-refractivity contribution in [3.8, 4) is 0 Å². The standard InChI is InChI=1S/C12H15ClOS/c1-15-11-5-4-9(13)8-10(11)12(14)6-2-3-7-12/h4-5,8,14H,2-3,6-7H2,1H3. The number of hydrogen-bond donors (Lipinski definition) is 1. The molecule has 15 heavy (non-hydrogen) atoms. The van der Waals surface area contributed by atoms with Crippen LogP contribution >= 0.6 is 23.4 Å². The molecular weight excluding hydrogens is 228 g/mol. The van der Waals surface area contributed by atoms with Gasteiger partial charge in [-0.3, -0.25) is 0 Å². The second-order valence-electron chi connectivity index (χ2n) is 4.08. The molecule has 1 saturated carbocycles. The van der Waals surface area contributed by atoms with Crippen LogP contribution in [0.3, 0.4) is 0 Å². The predicted molar refractivity (Wildman–Crippen MR) is 65.6 cm³/mol. The lowest BCUT2D eigenvalue weighted by Gasteiger charge is -2.25. The first-order chi connectivity index (χ1) is 7.15. The molecule has 0 spiro atoms. The molecule has 0 atom stereocenters. The SMILES string of the molecule is CSc1ccc(Cl)cc1C1(O)CCCC1. The van der Waals surface area contributed by atoms with Gasteiger partial charge in [-0.25, -0.2) is 0 Å². The van der Waals surface area contributed by atoms with E-state index in [4.69, 9.17) is 11.6 Å². The largest absolute Gasteiger partial charge is 0.385 e. The van der Waals surface area contributed by atoms with Crippen molar-refractivity contribution in [1.82, 2.24) is 0 Å². The first kappa shape index (κ1) is 11.3. The van der Waals surface area contributed by atoms with Crippen LogP contribution in [0.1, 0.15) is 31.2 Å². The average molecular weight is 243 g/mol. The lowest BCUT2D eigenvalue weighted by Crippen LogP contribution is -2.21. The fraction of sp³-hybridized carbons (Fsp3) is 0.500. The van der Waals surface area contributed by atoms with E-state index in [0.29, 0.717) is 5.02 Å². The smallest absolute Gasteiger partial charge is 0.0907 e. The lowest BCUT2D eigenvalue weighted by molar-refractivity contribution is 0.0418. The third-order valence-electron chi connectivity index (χ3n) is 3.09. The van der Waals surface area contributed by atoms with Crippen molar-refractivity contribution in [1.29, 1.82) is 0 Å². The summed E-state index contributed by atoms with van der Waals surface area (Å²) in [4.78, 5) is 1.14. The average Bonchev–Trinajstić information content (AvgIpc) is 2.66. The van der Waals surface area contributed by atoms with Crippen molar-refractivity contribution in [2.45, 2.75) is 36.2 Å². The van der Waals surface area contributed by atoms with Gasteiger partial charge in [-0.15, -0.1) is 11.8 Å². The quantitative estimate of drug-likeness (QED) is 0.796. The second-order valence-corrected chi connectivity index (χ2v) is 5.37. The normalized spacial score (nSPS) is 19.4. The van der Waals surface area contributed by atoms with Crippen molar-refractivity contribution < 1.29 is 5.11 Å². The molecule has 1 N–H and O–H groups in total. The van der Waals surface area contributed by atoms with Crippen LogP contribution in [0.15, 0.2) is 23.1 Å². The first-order valence-electron chi connectivity index (χ1n) is 5.22. The number of hydrogen-bond acceptors (Lipinski definition) is 2. The minimum Gasteiger partial charge on any atom is -0.385 e. The van der Waals surface area contributed by atoms with E-state index in [2.05, 4.69) is 0 Å². The van der Waals surface area contributed by atoms with Gasteiger partial charge in [-0.1, -0.05) is 24.4 Å². The maximum absolute atomic E-state index is 10.5. The van der Waals surface area contributed by atoms with Crippen LogP contribution in [0.5, 0.6) is 0 Å².